The quantitative estimate of drug-likeness (QED) is 0.822. The summed E-state index contributed by atoms with van der Waals surface area (Å²) in [6, 6.07) is 10.3. The Morgan fingerprint density at radius 3 is 2.79 bits per heavy atom. The fourth-order valence-corrected chi connectivity index (χ4v) is 4.13. The molecular formula is C21H23ClFN2O3+. The summed E-state index contributed by atoms with van der Waals surface area (Å²) in [5.74, 6) is 1.00. The van der Waals surface area contributed by atoms with Crippen molar-refractivity contribution in [1.82, 2.24) is 0 Å². The number of anilines is 1. The highest BCUT2D eigenvalue weighted by molar-refractivity contribution is 6.33. The first kappa shape index (κ1) is 19.0. The van der Waals surface area contributed by atoms with Gasteiger partial charge in [0.15, 0.2) is 18.0 Å². The molecule has 2 heterocycles. The molecule has 2 aromatic carbocycles. The molecule has 2 N–H and O–H groups in total. The third kappa shape index (κ3) is 4.23. The molecule has 0 bridgehead atoms. The van der Waals surface area contributed by atoms with Gasteiger partial charge in [-0.15, -0.1) is 0 Å². The third-order valence-corrected chi connectivity index (χ3v) is 5.56. The van der Waals surface area contributed by atoms with E-state index in [1.54, 1.807) is 0 Å². The average Bonchev–Trinajstić information content (AvgIpc) is 2.99. The number of halogens is 2. The lowest BCUT2D eigenvalue weighted by molar-refractivity contribution is -0.910. The lowest BCUT2D eigenvalue weighted by atomic mass is 10.0. The second-order valence-electron chi connectivity index (χ2n) is 7.21. The fourth-order valence-electron chi connectivity index (χ4n) is 3.91. The van der Waals surface area contributed by atoms with Gasteiger partial charge in [0, 0.05) is 24.8 Å². The third-order valence-electron chi connectivity index (χ3n) is 5.25. The number of ether oxygens (including phenoxy) is 2. The number of nitrogens with one attached hydrogen (secondary N) is 2. The number of likely N-dealkylation sites (tertiary alicyclic amines) is 1. The van der Waals surface area contributed by atoms with Crippen LogP contribution >= 0.6 is 11.6 Å². The second-order valence-corrected chi connectivity index (χ2v) is 7.62. The van der Waals surface area contributed by atoms with Crippen molar-refractivity contribution in [2.24, 2.45) is 0 Å². The summed E-state index contributed by atoms with van der Waals surface area (Å²) in [6.07, 6.45) is 2.94. The minimum Gasteiger partial charge on any atom is -0.490 e. The predicted molar refractivity (Wildman–Crippen MR) is 105 cm³/mol. The highest BCUT2D eigenvalue weighted by Gasteiger charge is 2.32. The molecule has 1 unspecified atom stereocenters. The largest absolute Gasteiger partial charge is 0.490 e. The zero-order chi connectivity index (χ0) is 19.5. The number of hydrogen-bond donors (Lipinski definition) is 2. The summed E-state index contributed by atoms with van der Waals surface area (Å²) >= 11 is 6.01. The van der Waals surface area contributed by atoms with Gasteiger partial charge in [-0.25, -0.2) is 4.39 Å². The van der Waals surface area contributed by atoms with Gasteiger partial charge in [-0.3, -0.25) is 4.79 Å². The summed E-state index contributed by atoms with van der Waals surface area (Å²) in [4.78, 5) is 13.7. The molecule has 148 valence electrons. The van der Waals surface area contributed by atoms with E-state index in [4.69, 9.17) is 21.1 Å². The van der Waals surface area contributed by atoms with Crippen molar-refractivity contribution in [2.75, 3.05) is 31.6 Å². The number of rotatable bonds is 4. The highest BCUT2D eigenvalue weighted by atomic mass is 35.5. The molecule has 2 aliphatic heterocycles. The van der Waals surface area contributed by atoms with Crippen LogP contribution in [0.25, 0.3) is 0 Å². The number of quaternary nitrogens is 1. The topological polar surface area (TPSA) is 52.0 Å². The number of fused-ring (bicyclic) bond motifs is 1. The zero-order valence-electron chi connectivity index (χ0n) is 15.5. The van der Waals surface area contributed by atoms with Crippen LogP contribution in [-0.2, 0) is 4.79 Å². The van der Waals surface area contributed by atoms with Gasteiger partial charge < -0.3 is 19.7 Å². The molecule has 1 fully saturated rings. The van der Waals surface area contributed by atoms with Crippen molar-refractivity contribution in [1.29, 1.82) is 0 Å². The van der Waals surface area contributed by atoms with Crippen LogP contribution in [-0.4, -0.2) is 32.2 Å². The summed E-state index contributed by atoms with van der Waals surface area (Å²) in [7, 11) is 0. The van der Waals surface area contributed by atoms with Gasteiger partial charge >= 0.3 is 0 Å². The van der Waals surface area contributed by atoms with Gasteiger partial charge in [-0.05, 0) is 36.4 Å². The molecule has 0 aromatic heterocycles. The Hall–Kier alpha value is -2.31. The average molecular weight is 406 g/mol. The van der Waals surface area contributed by atoms with E-state index < -0.39 is 5.82 Å². The molecule has 2 aliphatic rings. The molecule has 0 aliphatic carbocycles. The summed E-state index contributed by atoms with van der Waals surface area (Å²) in [5, 5.41) is 2.99. The van der Waals surface area contributed by atoms with Crippen molar-refractivity contribution in [2.45, 2.75) is 25.3 Å². The Bertz CT molecular complexity index is 877. The predicted octanol–water partition coefficient (Wildman–Crippen LogP) is 3.00. The van der Waals surface area contributed by atoms with Crippen molar-refractivity contribution >= 4 is 23.2 Å². The molecule has 0 spiro atoms. The smallest absolute Gasteiger partial charge is 0.279 e. The van der Waals surface area contributed by atoms with Gasteiger partial charge in [0.2, 0.25) is 0 Å². The Balaban J connectivity index is 1.45. The molecule has 0 radical (unpaired) electrons. The molecule has 28 heavy (non-hydrogen) atoms. The molecule has 1 saturated heterocycles. The zero-order valence-corrected chi connectivity index (χ0v) is 16.2. The number of benzene rings is 2. The van der Waals surface area contributed by atoms with Crippen LogP contribution < -0.4 is 19.7 Å². The van der Waals surface area contributed by atoms with E-state index in [9.17, 15) is 9.18 Å². The van der Waals surface area contributed by atoms with Crippen LogP contribution in [0.15, 0.2) is 36.4 Å². The molecule has 0 saturated carbocycles. The number of carbonyl (C=O) groups excluding carboxylic acids is 1. The van der Waals surface area contributed by atoms with Crippen LogP contribution in [0.3, 0.4) is 0 Å². The number of hydrogen-bond acceptors (Lipinski definition) is 3. The maximum Gasteiger partial charge on any atom is 0.279 e. The Morgan fingerprint density at radius 2 is 1.96 bits per heavy atom. The molecule has 2 atom stereocenters. The van der Waals surface area contributed by atoms with Crippen LogP contribution in [0.4, 0.5) is 10.1 Å². The summed E-state index contributed by atoms with van der Waals surface area (Å²) in [6.45, 7) is 2.56. The van der Waals surface area contributed by atoms with E-state index in [-0.39, 0.29) is 17.0 Å². The summed E-state index contributed by atoms with van der Waals surface area (Å²) < 4.78 is 24.7. The van der Waals surface area contributed by atoms with Gasteiger partial charge in [-0.2, -0.15) is 0 Å². The maximum absolute atomic E-state index is 13.2. The van der Waals surface area contributed by atoms with Crippen molar-refractivity contribution in [3.8, 4) is 11.5 Å². The monoisotopic (exact) mass is 405 g/mol. The highest BCUT2D eigenvalue weighted by Crippen LogP contribution is 2.33. The lowest BCUT2D eigenvalue weighted by Crippen LogP contribution is -3.11. The van der Waals surface area contributed by atoms with Crippen molar-refractivity contribution in [3.05, 3.63) is 52.8 Å². The molecule has 1 amide bonds. The van der Waals surface area contributed by atoms with Gasteiger partial charge in [0.1, 0.15) is 11.9 Å². The van der Waals surface area contributed by atoms with E-state index in [1.165, 1.54) is 23.1 Å². The number of amides is 1. The normalized spacial score (nSPS) is 21.2. The minimum atomic E-state index is -0.428. The molecular weight excluding hydrogens is 383 g/mol. The van der Waals surface area contributed by atoms with Gasteiger partial charge in [0.25, 0.3) is 5.91 Å². The van der Waals surface area contributed by atoms with E-state index >= 15 is 0 Å². The minimum absolute atomic E-state index is 0.134. The molecule has 4 rings (SSSR count). The molecule has 2 aromatic rings. The first-order chi connectivity index (χ1) is 13.6. The molecule has 5 nitrogen and oxygen atoms in total. The fraction of sp³-hybridized carbons (Fsp3) is 0.381. The van der Waals surface area contributed by atoms with Gasteiger partial charge in [-0.1, -0.05) is 11.6 Å². The Kier molecular flexibility index (Phi) is 5.69. The van der Waals surface area contributed by atoms with Crippen molar-refractivity contribution in [3.63, 3.8) is 0 Å². The van der Waals surface area contributed by atoms with E-state index in [0.717, 1.165) is 42.9 Å². The van der Waals surface area contributed by atoms with Crippen LogP contribution in [0.5, 0.6) is 11.5 Å². The number of carbonyl (C=O) groups is 1. The Labute approximate surface area is 168 Å². The molecule has 7 heteroatoms. The van der Waals surface area contributed by atoms with E-state index in [1.807, 2.05) is 12.1 Å². The standard InChI is InChI=1S/C21H22ClFN2O3/c22-16-12-15(23)5-6-17(16)24-21(26)13-25-8-1-3-18(25)14-4-7-19-20(11-14)28-10-2-9-27-19/h4-7,11-12,18H,1-3,8-10,13H2,(H,24,26)/p+1/t18-/m1/s1. The summed E-state index contributed by atoms with van der Waals surface area (Å²) in [5.41, 5.74) is 1.59. The van der Waals surface area contributed by atoms with E-state index in [0.29, 0.717) is 25.4 Å². The van der Waals surface area contributed by atoms with E-state index in [2.05, 4.69) is 11.4 Å². The van der Waals surface area contributed by atoms with Crippen LogP contribution in [0.2, 0.25) is 5.02 Å². The second kappa shape index (κ2) is 8.37. The maximum atomic E-state index is 13.2. The lowest BCUT2D eigenvalue weighted by Gasteiger charge is -2.22. The SMILES string of the molecule is O=C(C[NH+]1CCC[C@@H]1c1ccc2c(c1)OCCCO2)Nc1ccc(F)cc1Cl. The first-order valence-electron chi connectivity index (χ1n) is 9.59. The Morgan fingerprint density at radius 1 is 1.14 bits per heavy atom. The van der Waals surface area contributed by atoms with Gasteiger partial charge in [0.05, 0.1) is 30.5 Å². The van der Waals surface area contributed by atoms with Crippen LogP contribution in [0, 0.1) is 5.82 Å². The first-order valence-corrected chi connectivity index (χ1v) is 9.97. The van der Waals surface area contributed by atoms with Crippen LogP contribution in [0.1, 0.15) is 30.9 Å². The van der Waals surface area contributed by atoms with Crippen molar-refractivity contribution < 1.29 is 23.6 Å².